The fourth-order valence-corrected chi connectivity index (χ4v) is 6.10. The van der Waals surface area contributed by atoms with E-state index in [1.807, 2.05) is 0 Å². The Morgan fingerprint density at radius 1 is 1.26 bits per heavy atom. The Labute approximate surface area is 203 Å². The van der Waals surface area contributed by atoms with Gasteiger partial charge < -0.3 is 16.4 Å². The Kier molecular flexibility index (Phi) is 7.51. The number of nitrogens with zero attached hydrogens (tertiary/aromatic N) is 5. The number of sulfonamides is 1. The van der Waals surface area contributed by atoms with E-state index >= 15 is 0 Å². The Balaban J connectivity index is 1.29. The fraction of sp³-hybridized carbons (Fsp3) is 0.421. The van der Waals surface area contributed by atoms with Crippen molar-refractivity contribution in [1.29, 1.82) is 0 Å². The number of H-pyrrole nitrogens is 1. The number of carbonyl (C=O) groups excluding carboxylic acids is 1. The first kappa shape index (κ1) is 24.9. The number of aromatic nitrogens is 5. The van der Waals surface area contributed by atoms with Gasteiger partial charge in [0.25, 0.3) is 5.95 Å². The molecule has 1 aliphatic heterocycles. The van der Waals surface area contributed by atoms with Crippen LogP contribution in [0.4, 0.5) is 25.7 Å². The summed E-state index contributed by atoms with van der Waals surface area (Å²) >= 11 is 0.906. The fourth-order valence-electron chi connectivity index (χ4n) is 3.66. The Hall–Kier alpha value is -3.24. The largest absolute Gasteiger partial charge is 0.382 e. The van der Waals surface area contributed by atoms with Gasteiger partial charge in [-0.25, -0.2) is 26.5 Å². The molecule has 16 heteroatoms. The summed E-state index contributed by atoms with van der Waals surface area (Å²) in [4.78, 5) is 16.7. The van der Waals surface area contributed by atoms with Crippen molar-refractivity contribution in [3.8, 4) is 0 Å². The van der Waals surface area contributed by atoms with Gasteiger partial charge in [-0.3, -0.25) is 4.79 Å². The smallest absolute Gasteiger partial charge is 0.263 e. The minimum atomic E-state index is -3.42. The number of carbonyl (C=O) groups is 1. The Morgan fingerprint density at radius 3 is 2.63 bits per heavy atom. The molecule has 1 aliphatic rings. The highest BCUT2D eigenvalue weighted by Crippen LogP contribution is 2.30. The van der Waals surface area contributed by atoms with Crippen molar-refractivity contribution in [3.63, 3.8) is 0 Å². The molecule has 1 aromatic carbocycles. The molecule has 0 saturated carbocycles. The second-order valence-corrected chi connectivity index (χ2v) is 10.9. The number of tetrazole rings is 1. The number of halogens is 2. The highest BCUT2D eigenvalue weighted by atomic mass is 32.2. The summed E-state index contributed by atoms with van der Waals surface area (Å²) < 4.78 is 54.7. The van der Waals surface area contributed by atoms with E-state index in [4.69, 9.17) is 5.73 Å². The summed E-state index contributed by atoms with van der Waals surface area (Å²) in [7, 11) is -3.42. The molecule has 3 aromatic rings. The van der Waals surface area contributed by atoms with Crippen LogP contribution < -0.4 is 16.4 Å². The molecule has 188 valence electrons. The molecular formula is C19H23F2N9O3S2. The monoisotopic (exact) mass is 527 g/mol. The molecule has 3 heterocycles. The van der Waals surface area contributed by atoms with Crippen LogP contribution in [0.15, 0.2) is 18.2 Å². The SMILES string of the molecule is Nc1nc(NC2CCN(S(=O)(=O)CCCNc3nn[nH]n3)CC2)sc1C(=O)c1c(F)cccc1F. The number of anilines is 3. The predicted molar refractivity (Wildman–Crippen MR) is 126 cm³/mol. The van der Waals surface area contributed by atoms with Crippen LogP contribution in [0.2, 0.25) is 0 Å². The molecule has 35 heavy (non-hydrogen) atoms. The number of rotatable bonds is 10. The van der Waals surface area contributed by atoms with E-state index < -0.39 is 33.0 Å². The number of nitrogens with two attached hydrogens (primary N) is 1. The zero-order valence-corrected chi connectivity index (χ0v) is 20.0. The number of nitrogen functional groups attached to an aromatic ring is 1. The van der Waals surface area contributed by atoms with E-state index in [1.165, 1.54) is 10.4 Å². The molecule has 0 bridgehead atoms. The number of hydrogen-bond acceptors (Lipinski definition) is 11. The second-order valence-electron chi connectivity index (χ2n) is 7.81. The van der Waals surface area contributed by atoms with E-state index in [9.17, 15) is 22.0 Å². The van der Waals surface area contributed by atoms with Gasteiger partial charge >= 0.3 is 0 Å². The third kappa shape index (κ3) is 5.88. The summed E-state index contributed by atoms with van der Waals surface area (Å²) in [5.41, 5.74) is 5.16. The number of piperidine rings is 1. The van der Waals surface area contributed by atoms with Crippen molar-refractivity contribution in [1.82, 2.24) is 29.9 Å². The normalized spacial score (nSPS) is 15.3. The summed E-state index contributed by atoms with van der Waals surface area (Å²) in [6, 6.07) is 3.07. The minimum Gasteiger partial charge on any atom is -0.382 e. The van der Waals surface area contributed by atoms with Gasteiger partial charge in [0.15, 0.2) is 5.13 Å². The highest BCUT2D eigenvalue weighted by molar-refractivity contribution is 7.89. The van der Waals surface area contributed by atoms with Crippen LogP contribution in [0, 0.1) is 11.6 Å². The van der Waals surface area contributed by atoms with Gasteiger partial charge in [0, 0.05) is 25.7 Å². The van der Waals surface area contributed by atoms with E-state index in [1.54, 1.807) is 0 Å². The quantitative estimate of drug-likeness (QED) is 0.223. The lowest BCUT2D eigenvalue weighted by molar-refractivity contribution is 0.103. The van der Waals surface area contributed by atoms with Crippen LogP contribution in [-0.2, 0) is 10.0 Å². The van der Waals surface area contributed by atoms with E-state index in [0.29, 0.717) is 50.0 Å². The van der Waals surface area contributed by atoms with Crippen LogP contribution in [0.5, 0.6) is 0 Å². The minimum absolute atomic E-state index is 0.0168. The average Bonchev–Trinajstić information content (AvgIpc) is 3.46. The molecule has 1 saturated heterocycles. The van der Waals surface area contributed by atoms with Crippen molar-refractivity contribution in [2.24, 2.45) is 0 Å². The lowest BCUT2D eigenvalue weighted by Crippen LogP contribution is -2.43. The summed E-state index contributed by atoms with van der Waals surface area (Å²) in [6.07, 6.45) is 1.42. The van der Waals surface area contributed by atoms with Crippen LogP contribution in [-0.4, -0.2) is 75.5 Å². The first-order chi connectivity index (χ1) is 16.7. The maximum atomic E-state index is 14.0. The zero-order valence-electron chi connectivity index (χ0n) is 18.4. The molecule has 4 rings (SSSR count). The van der Waals surface area contributed by atoms with Gasteiger partial charge in [-0.1, -0.05) is 22.5 Å². The van der Waals surface area contributed by atoms with E-state index in [-0.39, 0.29) is 22.5 Å². The number of nitrogens with one attached hydrogen (secondary N) is 3. The lowest BCUT2D eigenvalue weighted by atomic mass is 10.1. The Morgan fingerprint density at radius 2 is 1.97 bits per heavy atom. The van der Waals surface area contributed by atoms with Crippen molar-refractivity contribution in [2.75, 3.05) is 41.8 Å². The van der Waals surface area contributed by atoms with Crippen molar-refractivity contribution >= 4 is 44.0 Å². The first-order valence-electron chi connectivity index (χ1n) is 10.7. The highest BCUT2D eigenvalue weighted by Gasteiger charge is 2.29. The molecule has 0 aliphatic carbocycles. The number of ketones is 1. The van der Waals surface area contributed by atoms with E-state index in [0.717, 1.165) is 23.5 Å². The van der Waals surface area contributed by atoms with Gasteiger partial charge in [-0.2, -0.15) is 5.21 Å². The average molecular weight is 528 g/mol. The van der Waals surface area contributed by atoms with Crippen LogP contribution >= 0.6 is 11.3 Å². The maximum Gasteiger partial charge on any atom is 0.263 e. The third-order valence-corrected chi connectivity index (χ3v) is 8.39. The number of aromatic amines is 1. The van der Waals surface area contributed by atoms with Gasteiger partial charge in [0.05, 0.1) is 11.3 Å². The lowest BCUT2D eigenvalue weighted by Gasteiger charge is -2.31. The van der Waals surface area contributed by atoms with Gasteiger partial charge in [-0.05, 0) is 36.6 Å². The van der Waals surface area contributed by atoms with Crippen molar-refractivity contribution in [3.05, 3.63) is 40.3 Å². The molecular weight excluding hydrogens is 504 g/mol. The molecule has 2 aromatic heterocycles. The summed E-state index contributed by atoms with van der Waals surface area (Å²) in [5.74, 6) is -2.66. The van der Waals surface area contributed by atoms with Crippen molar-refractivity contribution < 1.29 is 22.0 Å². The predicted octanol–water partition coefficient (Wildman–Crippen LogP) is 1.46. The molecule has 0 atom stereocenters. The molecule has 12 nitrogen and oxygen atoms in total. The first-order valence-corrected chi connectivity index (χ1v) is 13.1. The molecule has 0 unspecified atom stereocenters. The zero-order chi connectivity index (χ0) is 25.0. The number of hydrogen-bond donors (Lipinski definition) is 4. The maximum absolute atomic E-state index is 14.0. The van der Waals surface area contributed by atoms with Gasteiger partial charge in [-0.15, -0.1) is 5.10 Å². The molecule has 0 radical (unpaired) electrons. The molecule has 5 N–H and O–H groups in total. The van der Waals surface area contributed by atoms with Crippen molar-refractivity contribution in [2.45, 2.75) is 25.3 Å². The van der Waals surface area contributed by atoms with Crippen LogP contribution in [0.1, 0.15) is 34.5 Å². The molecule has 0 spiro atoms. The van der Waals surface area contributed by atoms with Gasteiger partial charge in [0.2, 0.25) is 15.8 Å². The summed E-state index contributed by atoms with van der Waals surface area (Å²) in [6.45, 7) is 1.04. The molecule has 1 fully saturated rings. The van der Waals surface area contributed by atoms with Crippen LogP contribution in [0.3, 0.4) is 0 Å². The molecule has 0 amide bonds. The van der Waals surface area contributed by atoms with Crippen LogP contribution in [0.25, 0.3) is 0 Å². The van der Waals surface area contributed by atoms with Gasteiger partial charge in [0.1, 0.15) is 22.3 Å². The van der Waals surface area contributed by atoms with E-state index in [2.05, 4.69) is 36.2 Å². The second kappa shape index (κ2) is 10.6. The summed E-state index contributed by atoms with van der Waals surface area (Å²) in [5, 5.41) is 19.5. The Bertz CT molecular complexity index is 1260. The third-order valence-electron chi connectivity index (χ3n) is 5.43. The standard InChI is InChI=1S/C19H23F2N9O3S2/c20-12-3-1-4-13(21)14(12)15(31)16-17(22)25-19(34-16)24-11-5-8-30(9-6-11)35(32,33)10-2-7-23-18-26-28-29-27-18/h1,3-4,11H,2,5-10,22H2,(H,24,25)(H2,23,26,27,28,29). The number of thiazole rings is 1. The topological polar surface area (TPSA) is 172 Å². The number of benzene rings is 1.